The Bertz CT molecular complexity index is 986. The van der Waals surface area contributed by atoms with E-state index in [0.717, 1.165) is 70.6 Å². The summed E-state index contributed by atoms with van der Waals surface area (Å²) >= 11 is 0. The highest BCUT2D eigenvalue weighted by molar-refractivity contribution is 7.47. The Balaban J connectivity index is 4.53. The third-order valence-electron chi connectivity index (χ3n) is 7.95. The van der Waals surface area contributed by atoms with E-state index in [1.807, 2.05) is 27.2 Å². The van der Waals surface area contributed by atoms with Crippen molar-refractivity contribution in [2.24, 2.45) is 0 Å². The summed E-state index contributed by atoms with van der Waals surface area (Å²) in [6.07, 6.45) is 40.1. The van der Waals surface area contributed by atoms with E-state index in [-0.39, 0.29) is 19.1 Å². The molecule has 0 rings (SSSR count). The van der Waals surface area contributed by atoms with E-state index in [1.165, 1.54) is 44.9 Å². The number of carbonyl (C=O) groups is 1. The molecule has 0 radical (unpaired) electrons. The Labute approximate surface area is 301 Å². The molecule has 0 aromatic heterocycles. The summed E-state index contributed by atoms with van der Waals surface area (Å²) in [5.74, 6) is -0.206. The summed E-state index contributed by atoms with van der Waals surface area (Å²) in [5.41, 5.74) is 0. The molecular weight excluding hydrogens is 635 g/mol. The zero-order valence-electron chi connectivity index (χ0n) is 31.9. The second kappa shape index (κ2) is 32.1. The molecule has 0 spiro atoms. The molecule has 0 aromatic carbocycles. The second-order valence-electron chi connectivity index (χ2n) is 13.9. The fourth-order valence-corrected chi connectivity index (χ4v) is 5.61. The van der Waals surface area contributed by atoms with E-state index in [1.54, 1.807) is 6.08 Å². The predicted octanol–water partition coefficient (Wildman–Crippen LogP) is 9.90. The quantitative estimate of drug-likeness (QED) is 0.0271. The van der Waals surface area contributed by atoms with Crippen LogP contribution in [0.3, 0.4) is 0 Å². The molecule has 0 aliphatic carbocycles. The van der Waals surface area contributed by atoms with Crippen LogP contribution in [0.2, 0.25) is 0 Å². The molecule has 0 aliphatic rings. The van der Waals surface area contributed by atoms with E-state index >= 15 is 0 Å². The number of carbonyl (C=O) groups excluding carboxylic acids is 1. The van der Waals surface area contributed by atoms with Gasteiger partial charge in [-0.15, -0.1) is 0 Å². The molecule has 0 saturated carbocycles. The number of amides is 1. The monoisotopic (exact) mass is 710 g/mol. The number of likely N-dealkylation sites (N-methyl/N-ethyl adjacent to an activating group) is 1. The SMILES string of the molecule is CC/C=C/CC/C=C/CC/C=C/C(O)C(COP(=O)(O)OCC[N+](C)(C)C)NC(=O)CCCCCCCCC/C=C\C/C=C\CCCCC. The van der Waals surface area contributed by atoms with Crippen LogP contribution in [0.15, 0.2) is 60.8 Å². The average Bonchev–Trinajstić information content (AvgIpc) is 3.04. The topological polar surface area (TPSA) is 105 Å². The highest BCUT2D eigenvalue weighted by atomic mass is 31.2. The normalized spacial score (nSPS) is 15.3. The fraction of sp³-hybridized carbons (Fsp3) is 0.725. The largest absolute Gasteiger partial charge is 0.472 e. The standard InChI is InChI=1S/C40H73N2O6P/c1-6-8-10-12-14-16-18-19-20-21-22-23-24-26-28-30-32-34-40(44)41-38(37-48-49(45,46)47-36-35-42(3,4)5)39(43)33-31-29-27-25-17-15-13-11-9-7-2/h9,11,14,16-17,19-20,25,31,33,38-39,43H,6-8,10,12-13,15,18,21-24,26-30,32,34-37H2,1-5H3,(H-,41,44,45,46)/p+1/b11-9+,16-14-,20-19-,25-17+,33-31+. The Morgan fingerprint density at radius 2 is 1.24 bits per heavy atom. The van der Waals surface area contributed by atoms with Crippen LogP contribution in [0.25, 0.3) is 0 Å². The van der Waals surface area contributed by atoms with Crippen molar-refractivity contribution in [1.82, 2.24) is 5.32 Å². The van der Waals surface area contributed by atoms with Gasteiger partial charge in [0.05, 0.1) is 39.9 Å². The van der Waals surface area contributed by atoms with Gasteiger partial charge in [0.2, 0.25) is 5.91 Å². The third kappa shape index (κ3) is 34.4. The Morgan fingerprint density at radius 1 is 0.714 bits per heavy atom. The molecule has 3 atom stereocenters. The first-order chi connectivity index (χ1) is 23.5. The maximum atomic E-state index is 12.8. The maximum absolute atomic E-state index is 12.8. The van der Waals surface area contributed by atoms with Gasteiger partial charge >= 0.3 is 7.82 Å². The summed E-state index contributed by atoms with van der Waals surface area (Å²) in [7, 11) is 1.52. The van der Waals surface area contributed by atoms with Crippen LogP contribution >= 0.6 is 7.82 Å². The number of nitrogens with one attached hydrogen (secondary N) is 1. The first kappa shape index (κ1) is 47.2. The summed E-state index contributed by atoms with van der Waals surface area (Å²) < 4.78 is 23.4. The number of quaternary nitrogens is 1. The van der Waals surface area contributed by atoms with Gasteiger partial charge in [-0.3, -0.25) is 13.8 Å². The van der Waals surface area contributed by atoms with Crippen molar-refractivity contribution >= 4 is 13.7 Å². The molecule has 284 valence electrons. The first-order valence-electron chi connectivity index (χ1n) is 19.2. The van der Waals surface area contributed by atoms with Gasteiger partial charge in [-0.2, -0.15) is 0 Å². The van der Waals surface area contributed by atoms with Gasteiger partial charge in [0.1, 0.15) is 13.2 Å². The molecule has 0 saturated heterocycles. The van der Waals surface area contributed by atoms with Crippen molar-refractivity contribution in [2.45, 2.75) is 148 Å². The Hall–Kier alpha value is -1.80. The molecule has 3 unspecified atom stereocenters. The molecule has 8 nitrogen and oxygen atoms in total. The number of rotatable bonds is 33. The van der Waals surface area contributed by atoms with E-state index in [9.17, 15) is 19.4 Å². The smallest absolute Gasteiger partial charge is 0.387 e. The number of phosphoric acid groups is 1. The molecular formula is C40H74N2O6P+. The first-order valence-corrected chi connectivity index (χ1v) is 20.7. The van der Waals surface area contributed by atoms with Crippen LogP contribution < -0.4 is 5.32 Å². The van der Waals surface area contributed by atoms with Gasteiger partial charge < -0.3 is 19.8 Å². The number of allylic oxidation sites excluding steroid dienone is 9. The van der Waals surface area contributed by atoms with Gasteiger partial charge in [0, 0.05) is 6.42 Å². The minimum atomic E-state index is -4.34. The van der Waals surface area contributed by atoms with E-state index in [2.05, 4.69) is 67.8 Å². The molecule has 0 heterocycles. The molecule has 3 N–H and O–H groups in total. The fourth-order valence-electron chi connectivity index (χ4n) is 4.87. The summed E-state index contributed by atoms with van der Waals surface area (Å²) in [6, 6.07) is -0.872. The summed E-state index contributed by atoms with van der Waals surface area (Å²) in [6.45, 7) is 4.59. The van der Waals surface area contributed by atoms with Crippen molar-refractivity contribution in [2.75, 3.05) is 40.9 Å². The molecule has 0 aromatic rings. The Morgan fingerprint density at radius 3 is 1.84 bits per heavy atom. The number of aliphatic hydroxyl groups is 1. The van der Waals surface area contributed by atoms with Gasteiger partial charge in [0.25, 0.3) is 0 Å². The van der Waals surface area contributed by atoms with E-state index in [0.29, 0.717) is 17.4 Å². The lowest BCUT2D eigenvalue weighted by Crippen LogP contribution is -2.45. The van der Waals surface area contributed by atoms with Crippen LogP contribution in [-0.4, -0.2) is 73.4 Å². The molecule has 1 amide bonds. The number of unbranched alkanes of at least 4 members (excludes halogenated alkanes) is 12. The lowest BCUT2D eigenvalue weighted by molar-refractivity contribution is -0.870. The number of nitrogens with zero attached hydrogens (tertiary/aromatic N) is 1. The van der Waals surface area contributed by atoms with Crippen LogP contribution in [0.4, 0.5) is 0 Å². The van der Waals surface area contributed by atoms with Crippen molar-refractivity contribution in [3.63, 3.8) is 0 Å². The third-order valence-corrected chi connectivity index (χ3v) is 8.93. The van der Waals surface area contributed by atoms with Crippen molar-refractivity contribution in [3.8, 4) is 0 Å². The Kier molecular flexibility index (Phi) is 31.0. The van der Waals surface area contributed by atoms with Gasteiger partial charge in [-0.25, -0.2) is 4.57 Å². The van der Waals surface area contributed by atoms with Gasteiger partial charge in [-0.1, -0.05) is 120 Å². The van der Waals surface area contributed by atoms with Crippen LogP contribution in [0.5, 0.6) is 0 Å². The minimum Gasteiger partial charge on any atom is -0.387 e. The lowest BCUT2D eigenvalue weighted by Gasteiger charge is -2.25. The van der Waals surface area contributed by atoms with Gasteiger partial charge in [-0.05, 0) is 70.6 Å². The maximum Gasteiger partial charge on any atom is 0.472 e. The number of aliphatic hydroxyl groups excluding tert-OH is 1. The molecule has 0 fully saturated rings. The summed E-state index contributed by atoms with van der Waals surface area (Å²) in [4.78, 5) is 23.0. The predicted molar refractivity (Wildman–Crippen MR) is 207 cm³/mol. The highest BCUT2D eigenvalue weighted by Gasteiger charge is 2.27. The zero-order chi connectivity index (χ0) is 36.5. The zero-order valence-corrected chi connectivity index (χ0v) is 32.8. The summed E-state index contributed by atoms with van der Waals surface area (Å²) in [5, 5.41) is 13.7. The molecule has 9 heteroatoms. The average molecular weight is 710 g/mol. The lowest BCUT2D eigenvalue weighted by atomic mass is 10.1. The van der Waals surface area contributed by atoms with Crippen LogP contribution in [0, 0.1) is 0 Å². The van der Waals surface area contributed by atoms with Crippen LogP contribution in [0.1, 0.15) is 136 Å². The van der Waals surface area contributed by atoms with Crippen molar-refractivity contribution in [1.29, 1.82) is 0 Å². The molecule has 0 bridgehead atoms. The van der Waals surface area contributed by atoms with Crippen molar-refractivity contribution < 1.29 is 32.9 Å². The highest BCUT2D eigenvalue weighted by Crippen LogP contribution is 2.43. The van der Waals surface area contributed by atoms with Crippen molar-refractivity contribution in [3.05, 3.63) is 60.8 Å². The van der Waals surface area contributed by atoms with E-state index in [4.69, 9.17) is 9.05 Å². The molecule has 49 heavy (non-hydrogen) atoms. The van der Waals surface area contributed by atoms with Crippen LogP contribution in [-0.2, 0) is 18.4 Å². The number of hydrogen-bond acceptors (Lipinski definition) is 5. The number of hydrogen-bond donors (Lipinski definition) is 3. The second-order valence-corrected chi connectivity index (χ2v) is 15.4. The number of phosphoric ester groups is 1. The molecule has 0 aliphatic heterocycles. The van der Waals surface area contributed by atoms with E-state index < -0.39 is 20.0 Å². The van der Waals surface area contributed by atoms with Gasteiger partial charge in [0.15, 0.2) is 0 Å². The minimum absolute atomic E-state index is 0.0490.